The van der Waals surface area contributed by atoms with Gasteiger partial charge >= 0.3 is 0 Å². The molecule has 0 radical (unpaired) electrons. The number of benzene rings is 1. The number of fused-ring (bicyclic) bond motifs is 3. The third-order valence-corrected chi connectivity index (χ3v) is 4.81. The Bertz CT molecular complexity index is 1050. The van der Waals surface area contributed by atoms with Gasteiger partial charge in [-0.1, -0.05) is 24.5 Å². The highest BCUT2D eigenvalue weighted by Crippen LogP contribution is 2.32. The first-order valence-corrected chi connectivity index (χ1v) is 7.88. The molecule has 2 fully saturated rings. The number of carbonyl (C=O) groups is 1. The molecule has 2 aromatic rings. The zero-order valence-corrected chi connectivity index (χ0v) is 12.9. The summed E-state index contributed by atoms with van der Waals surface area (Å²) in [5.41, 5.74) is -0.0520. The first-order valence-electron chi connectivity index (χ1n) is 11.9. The predicted molar refractivity (Wildman–Crippen MR) is 90.4 cm³/mol. The van der Waals surface area contributed by atoms with E-state index >= 15 is 0 Å². The summed E-state index contributed by atoms with van der Waals surface area (Å²) in [5, 5.41) is 6.83. The highest BCUT2D eigenvalue weighted by atomic mass is 16.2. The summed E-state index contributed by atoms with van der Waals surface area (Å²) in [6, 6.07) is -3.57. The summed E-state index contributed by atoms with van der Waals surface area (Å²) in [4.78, 5) is 14.6. The number of aryl methyl sites for hydroxylation is 1. The van der Waals surface area contributed by atoms with Gasteiger partial charge < -0.3 is 10.2 Å². The number of nitrogens with zero attached hydrogens (tertiary/aromatic N) is 3. The number of amides is 1. The minimum atomic E-state index is -2.25. The molecule has 23 heavy (non-hydrogen) atoms. The fourth-order valence-corrected chi connectivity index (χ4v) is 3.67. The fourth-order valence-electron chi connectivity index (χ4n) is 3.67. The minimum Gasteiger partial charge on any atom is -0.348 e. The van der Waals surface area contributed by atoms with Crippen molar-refractivity contribution in [2.24, 2.45) is 7.05 Å². The van der Waals surface area contributed by atoms with Crippen LogP contribution in [0, 0.1) is 0 Å². The molecule has 0 saturated carbocycles. The molecule has 2 atom stereocenters. The van der Waals surface area contributed by atoms with E-state index in [1.807, 2.05) is 0 Å². The lowest BCUT2D eigenvalue weighted by Gasteiger charge is -2.47. The van der Waals surface area contributed by atoms with Crippen LogP contribution in [-0.2, 0) is 7.05 Å². The maximum absolute atomic E-state index is 13.1. The van der Waals surface area contributed by atoms with Crippen molar-refractivity contribution in [3.05, 3.63) is 29.9 Å². The Morgan fingerprint density at radius 2 is 2.13 bits per heavy atom. The summed E-state index contributed by atoms with van der Waals surface area (Å²) < 4.78 is 65.6. The highest BCUT2D eigenvalue weighted by molar-refractivity contribution is 6.04. The predicted octanol–water partition coefficient (Wildman–Crippen LogP) is 2.32. The van der Waals surface area contributed by atoms with Crippen LogP contribution in [0.25, 0.3) is 10.9 Å². The minimum absolute atomic E-state index is 0.00900. The highest BCUT2D eigenvalue weighted by Gasteiger charge is 2.36. The summed E-state index contributed by atoms with van der Waals surface area (Å²) >= 11 is 0. The molecule has 1 N–H and O–H groups in total. The van der Waals surface area contributed by atoms with E-state index in [-0.39, 0.29) is 53.6 Å². The Kier molecular flexibility index (Phi) is 2.03. The van der Waals surface area contributed by atoms with Gasteiger partial charge in [0.1, 0.15) is 0 Å². The van der Waals surface area contributed by atoms with E-state index in [9.17, 15) is 4.79 Å². The van der Waals surface area contributed by atoms with Crippen molar-refractivity contribution in [1.29, 1.82) is 0 Å². The fraction of sp³-hybridized carbons (Fsp3) is 0.556. The largest absolute Gasteiger partial charge is 0.348 e. The SMILES string of the molecule is [2H]c1c([2H])c([2H])c2c(c(C(=O)NC3([2H])CC4CCCC(C3)N4C([2H])([2H])[2H])nn2C)c1[2H]. The standard InChI is InChI=1S/C18H24N4O/c1-21-13-6-5-7-14(21)11-12(10-13)19-18(23)17-15-8-3-4-9-16(15)22(2)20-17/h3-4,8-9,12-14H,5-7,10-11H2,1-2H3,(H,19,23)/i1D3,3D,4D,8D,9D,12D. The lowest BCUT2D eigenvalue weighted by molar-refractivity contribution is 0.0462. The Morgan fingerprint density at radius 3 is 2.87 bits per heavy atom. The van der Waals surface area contributed by atoms with Gasteiger partial charge in [0.2, 0.25) is 0 Å². The van der Waals surface area contributed by atoms with E-state index in [0.29, 0.717) is 12.8 Å². The molecule has 0 spiro atoms. The molecule has 4 rings (SSSR count). The second-order valence-corrected chi connectivity index (χ2v) is 6.31. The van der Waals surface area contributed by atoms with Crippen LogP contribution < -0.4 is 5.32 Å². The number of nitrogens with one attached hydrogen (secondary N) is 1. The van der Waals surface area contributed by atoms with Crippen LogP contribution in [0.4, 0.5) is 0 Å². The topological polar surface area (TPSA) is 50.2 Å². The van der Waals surface area contributed by atoms with Gasteiger partial charge in [-0.15, -0.1) is 0 Å². The quantitative estimate of drug-likeness (QED) is 0.924. The van der Waals surface area contributed by atoms with Gasteiger partial charge in [-0.25, -0.2) is 0 Å². The Morgan fingerprint density at radius 1 is 1.39 bits per heavy atom. The molecule has 1 aromatic heterocycles. The summed E-state index contributed by atoms with van der Waals surface area (Å²) in [7, 11) is 1.50. The Hall–Kier alpha value is -1.88. The first kappa shape index (κ1) is 8.29. The maximum atomic E-state index is 13.1. The normalized spacial score (nSPS) is 36.7. The van der Waals surface area contributed by atoms with E-state index in [2.05, 4.69) is 10.4 Å². The smallest absolute Gasteiger partial charge is 0.272 e. The molecule has 2 aliphatic heterocycles. The molecular formula is C18H24N4O. The zero-order chi connectivity index (χ0) is 22.9. The number of hydrogen-bond acceptors (Lipinski definition) is 3. The van der Waals surface area contributed by atoms with E-state index < -0.39 is 31.0 Å². The molecule has 2 bridgehead atoms. The number of hydrogen-bond donors (Lipinski definition) is 1. The van der Waals surface area contributed by atoms with Crippen LogP contribution in [0.2, 0.25) is 0 Å². The molecule has 1 aromatic carbocycles. The lowest BCUT2D eigenvalue weighted by atomic mass is 9.82. The molecule has 5 nitrogen and oxygen atoms in total. The van der Waals surface area contributed by atoms with Crippen LogP contribution in [0.5, 0.6) is 0 Å². The average Bonchev–Trinajstić information content (AvgIpc) is 3.00. The second kappa shape index (κ2) is 5.64. The van der Waals surface area contributed by atoms with Crippen LogP contribution >= 0.6 is 0 Å². The number of carbonyl (C=O) groups excluding carboxylic acids is 1. The summed E-state index contributed by atoms with van der Waals surface area (Å²) in [5.74, 6) is -0.703. The third-order valence-electron chi connectivity index (χ3n) is 4.81. The van der Waals surface area contributed by atoms with Crippen molar-refractivity contribution in [2.45, 2.75) is 50.2 Å². The van der Waals surface area contributed by atoms with E-state index in [1.54, 1.807) is 0 Å². The van der Waals surface area contributed by atoms with Gasteiger partial charge in [-0.05, 0) is 38.7 Å². The van der Waals surface area contributed by atoms with Crippen LogP contribution in [0.1, 0.15) is 53.6 Å². The van der Waals surface area contributed by atoms with Gasteiger partial charge in [0.25, 0.3) is 5.91 Å². The van der Waals surface area contributed by atoms with Gasteiger partial charge in [0.15, 0.2) is 5.69 Å². The molecule has 2 aliphatic rings. The van der Waals surface area contributed by atoms with Gasteiger partial charge in [0.05, 0.1) is 12.4 Å². The number of piperidine rings is 2. The number of rotatable bonds is 2. The lowest BCUT2D eigenvalue weighted by Crippen LogP contribution is -2.55. The van der Waals surface area contributed by atoms with Gasteiger partial charge in [-0.3, -0.25) is 9.48 Å². The van der Waals surface area contributed by atoms with E-state index in [1.165, 1.54) is 16.6 Å². The van der Waals surface area contributed by atoms with Crippen molar-refractivity contribution in [1.82, 2.24) is 20.0 Å². The zero-order valence-electron chi connectivity index (χ0n) is 20.9. The van der Waals surface area contributed by atoms with Gasteiger partial charge in [0, 0.05) is 34.6 Å². The third kappa shape index (κ3) is 2.53. The van der Waals surface area contributed by atoms with Crippen molar-refractivity contribution >= 4 is 16.8 Å². The monoisotopic (exact) mass is 320 g/mol. The van der Waals surface area contributed by atoms with Crippen LogP contribution in [-0.4, -0.2) is 45.7 Å². The number of para-hydroxylation sites is 1. The van der Waals surface area contributed by atoms with Gasteiger partial charge in [-0.2, -0.15) is 5.10 Å². The molecule has 2 unspecified atom stereocenters. The first-order chi connectivity index (χ1) is 14.3. The van der Waals surface area contributed by atoms with Crippen LogP contribution in [0.15, 0.2) is 24.2 Å². The Labute approximate surface area is 147 Å². The van der Waals surface area contributed by atoms with Crippen molar-refractivity contribution in [3.63, 3.8) is 0 Å². The molecule has 0 aliphatic carbocycles. The average molecular weight is 320 g/mol. The van der Waals surface area contributed by atoms with Crippen molar-refractivity contribution < 1.29 is 15.8 Å². The summed E-state index contributed by atoms with van der Waals surface area (Å²) in [6.07, 6.45) is 2.50. The van der Waals surface area contributed by atoms with E-state index in [4.69, 9.17) is 11.0 Å². The second-order valence-electron chi connectivity index (χ2n) is 6.31. The maximum Gasteiger partial charge on any atom is 0.272 e. The molecule has 122 valence electrons. The van der Waals surface area contributed by atoms with Crippen LogP contribution in [0.3, 0.4) is 0 Å². The summed E-state index contributed by atoms with van der Waals surface area (Å²) in [6.45, 7) is -2.25. The van der Waals surface area contributed by atoms with Crippen molar-refractivity contribution in [3.8, 4) is 0 Å². The molecule has 1 amide bonds. The molecule has 5 heteroatoms. The molecule has 3 heterocycles. The Balaban J connectivity index is 1.67. The number of aromatic nitrogens is 2. The molecular weight excluding hydrogens is 288 g/mol. The molecule has 2 saturated heterocycles. The van der Waals surface area contributed by atoms with E-state index in [0.717, 1.165) is 6.42 Å². The van der Waals surface area contributed by atoms with Crippen molar-refractivity contribution in [2.75, 3.05) is 6.98 Å².